The molecule has 1 unspecified atom stereocenters. The molecule has 3 nitrogen and oxygen atoms in total. The molecule has 2 aromatic carbocycles. The topological polar surface area (TPSA) is 49.3 Å². The van der Waals surface area contributed by atoms with Crippen molar-refractivity contribution in [2.75, 3.05) is 0 Å². The maximum atomic E-state index is 12.5. The highest BCUT2D eigenvalue weighted by molar-refractivity contribution is 5.96. The first-order valence-electron chi connectivity index (χ1n) is 7.20. The van der Waals surface area contributed by atoms with Crippen LogP contribution in [-0.2, 0) is 10.3 Å². The number of carbonyl (C=O) groups excluding carboxylic acids is 1. The Hall–Kier alpha value is -2.49. The monoisotopic (exact) mass is 291 g/mol. The van der Waals surface area contributed by atoms with E-state index < -0.39 is 11.5 Å². The van der Waals surface area contributed by atoms with Crippen LogP contribution in [0.25, 0.3) is 0 Å². The average Bonchev–Trinajstić information content (AvgIpc) is 2.59. The van der Waals surface area contributed by atoms with Gasteiger partial charge >= 0.3 is 0 Å². The van der Waals surface area contributed by atoms with Crippen LogP contribution >= 0.6 is 0 Å². The lowest BCUT2D eigenvalue weighted by Gasteiger charge is -2.38. The maximum Gasteiger partial charge on any atom is 0.165 e. The summed E-state index contributed by atoms with van der Waals surface area (Å²) < 4.78 is 0. The van der Waals surface area contributed by atoms with Gasteiger partial charge < -0.3 is 5.21 Å². The molecule has 1 aliphatic carbocycles. The molecule has 0 heterocycles. The van der Waals surface area contributed by atoms with Gasteiger partial charge in [0.05, 0.1) is 5.92 Å². The molecule has 2 aromatic rings. The summed E-state index contributed by atoms with van der Waals surface area (Å²) in [6.45, 7) is 0. The average molecular weight is 291 g/mol. The lowest BCUT2D eigenvalue weighted by atomic mass is 9.70. The zero-order valence-electron chi connectivity index (χ0n) is 12.0. The second-order valence-corrected chi connectivity index (χ2v) is 5.28. The number of allylic oxidation sites excluding steroid dienone is 3. The van der Waals surface area contributed by atoms with Gasteiger partial charge in [-0.1, -0.05) is 78.9 Å². The standard InChI is InChI=1S/C19H17NO2/c21-18-14-8-7-13-17(18)19(20-22,15-9-3-1-4-10-15)16-11-5-2-6-12-16/h1-14,17,20,22H. The second kappa shape index (κ2) is 6.10. The maximum absolute atomic E-state index is 12.5. The van der Waals surface area contributed by atoms with Gasteiger partial charge in [0.2, 0.25) is 0 Å². The zero-order chi connectivity index (χ0) is 15.4. The molecule has 2 N–H and O–H groups in total. The molecule has 0 radical (unpaired) electrons. The first-order valence-corrected chi connectivity index (χ1v) is 7.20. The zero-order valence-corrected chi connectivity index (χ0v) is 12.0. The van der Waals surface area contributed by atoms with Crippen molar-refractivity contribution in [2.45, 2.75) is 5.54 Å². The third-order valence-electron chi connectivity index (χ3n) is 4.08. The first-order chi connectivity index (χ1) is 10.8. The predicted molar refractivity (Wildman–Crippen MR) is 85.4 cm³/mol. The Morgan fingerprint density at radius 1 is 0.864 bits per heavy atom. The molecule has 110 valence electrons. The number of ketones is 1. The molecule has 0 saturated heterocycles. The second-order valence-electron chi connectivity index (χ2n) is 5.28. The summed E-state index contributed by atoms with van der Waals surface area (Å²) in [7, 11) is 0. The SMILES string of the molecule is O=C1C=CC=CC1C(NO)(c1ccccc1)c1ccccc1. The quantitative estimate of drug-likeness (QED) is 0.850. The fourth-order valence-corrected chi connectivity index (χ4v) is 3.01. The van der Waals surface area contributed by atoms with E-state index in [2.05, 4.69) is 5.48 Å². The number of hydrogen-bond acceptors (Lipinski definition) is 3. The Morgan fingerprint density at radius 3 is 1.86 bits per heavy atom. The molecule has 3 rings (SSSR count). The van der Waals surface area contributed by atoms with Crippen molar-refractivity contribution in [3.05, 3.63) is 96.1 Å². The third kappa shape index (κ3) is 2.30. The van der Waals surface area contributed by atoms with Gasteiger partial charge in [0.15, 0.2) is 5.78 Å². The van der Waals surface area contributed by atoms with Crippen molar-refractivity contribution < 1.29 is 10.0 Å². The Labute approximate surface area is 129 Å². The number of nitrogens with one attached hydrogen (secondary N) is 1. The van der Waals surface area contributed by atoms with Crippen molar-refractivity contribution in [3.8, 4) is 0 Å². The van der Waals surface area contributed by atoms with Gasteiger partial charge in [-0.3, -0.25) is 4.79 Å². The summed E-state index contributed by atoms with van der Waals surface area (Å²) >= 11 is 0. The molecule has 0 fully saturated rings. The van der Waals surface area contributed by atoms with Crippen LogP contribution in [0.5, 0.6) is 0 Å². The molecule has 1 aliphatic rings. The van der Waals surface area contributed by atoms with Crippen molar-refractivity contribution in [3.63, 3.8) is 0 Å². The van der Waals surface area contributed by atoms with Gasteiger partial charge in [0.1, 0.15) is 5.54 Å². The minimum absolute atomic E-state index is 0.0447. The molecule has 0 amide bonds. The summed E-state index contributed by atoms with van der Waals surface area (Å²) in [5, 5.41) is 10.1. The van der Waals surface area contributed by atoms with Crippen LogP contribution in [0.15, 0.2) is 85.0 Å². The van der Waals surface area contributed by atoms with Crippen LogP contribution < -0.4 is 5.48 Å². The van der Waals surface area contributed by atoms with E-state index >= 15 is 0 Å². The fraction of sp³-hybridized carbons (Fsp3) is 0.105. The molecule has 0 bridgehead atoms. The van der Waals surface area contributed by atoms with Gasteiger partial charge in [0, 0.05) is 0 Å². The van der Waals surface area contributed by atoms with Crippen molar-refractivity contribution in [1.82, 2.24) is 5.48 Å². The summed E-state index contributed by atoms with van der Waals surface area (Å²) in [5.41, 5.74) is 3.10. The molecule has 0 aliphatic heterocycles. The first kappa shape index (κ1) is 14.4. The van der Waals surface area contributed by atoms with Gasteiger partial charge in [-0.05, 0) is 17.2 Å². The van der Waals surface area contributed by atoms with E-state index in [9.17, 15) is 10.0 Å². The minimum atomic E-state index is -1.01. The van der Waals surface area contributed by atoms with Crippen molar-refractivity contribution >= 4 is 5.78 Å². The molecule has 22 heavy (non-hydrogen) atoms. The van der Waals surface area contributed by atoms with E-state index in [-0.39, 0.29) is 5.78 Å². The molecule has 0 spiro atoms. The van der Waals surface area contributed by atoms with E-state index in [4.69, 9.17) is 0 Å². The highest BCUT2D eigenvalue weighted by atomic mass is 16.5. The summed E-state index contributed by atoms with van der Waals surface area (Å²) in [4.78, 5) is 12.5. The number of carbonyl (C=O) groups is 1. The van der Waals surface area contributed by atoms with Gasteiger partial charge in [-0.25, -0.2) is 0 Å². The number of hydroxylamine groups is 1. The molecular weight excluding hydrogens is 274 g/mol. The van der Waals surface area contributed by atoms with Gasteiger partial charge in [-0.15, -0.1) is 0 Å². The van der Waals surface area contributed by atoms with Crippen molar-refractivity contribution in [1.29, 1.82) is 0 Å². The van der Waals surface area contributed by atoms with E-state index in [0.29, 0.717) is 0 Å². The predicted octanol–water partition coefficient (Wildman–Crippen LogP) is 3.22. The molecule has 0 saturated carbocycles. The largest absolute Gasteiger partial charge is 0.316 e. The normalized spacial score (nSPS) is 17.7. The van der Waals surface area contributed by atoms with E-state index in [1.165, 1.54) is 0 Å². The molecule has 1 atom stereocenters. The van der Waals surface area contributed by atoms with Crippen LogP contribution in [0.1, 0.15) is 11.1 Å². The summed E-state index contributed by atoms with van der Waals surface area (Å²) in [5.74, 6) is -0.566. The van der Waals surface area contributed by atoms with Crippen LogP contribution in [0, 0.1) is 5.92 Å². The number of hydrogen-bond donors (Lipinski definition) is 2. The Morgan fingerprint density at radius 2 is 1.41 bits per heavy atom. The summed E-state index contributed by atoms with van der Waals surface area (Å²) in [6.07, 6.45) is 6.93. The Bertz CT molecular complexity index is 665. The Balaban J connectivity index is 2.24. The number of rotatable bonds is 4. The van der Waals surface area contributed by atoms with Crippen molar-refractivity contribution in [2.24, 2.45) is 5.92 Å². The van der Waals surface area contributed by atoms with Gasteiger partial charge in [0.25, 0.3) is 0 Å². The lowest BCUT2D eigenvalue weighted by Crippen LogP contribution is -2.50. The van der Waals surface area contributed by atoms with Gasteiger partial charge in [-0.2, -0.15) is 5.48 Å². The highest BCUT2D eigenvalue weighted by Crippen LogP contribution is 2.39. The summed E-state index contributed by atoms with van der Waals surface area (Å²) in [6, 6.07) is 19.1. The van der Waals surface area contributed by atoms with Crippen LogP contribution in [0.4, 0.5) is 0 Å². The highest BCUT2D eigenvalue weighted by Gasteiger charge is 2.44. The number of benzene rings is 2. The fourth-order valence-electron chi connectivity index (χ4n) is 3.01. The van der Waals surface area contributed by atoms with E-state index in [1.54, 1.807) is 12.2 Å². The van der Waals surface area contributed by atoms with Crippen LogP contribution in [-0.4, -0.2) is 11.0 Å². The van der Waals surface area contributed by atoms with Crippen LogP contribution in [0.2, 0.25) is 0 Å². The molecule has 3 heteroatoms. The molecular formula is C19H17NO2. The minimum Gasteiger partial charge on any atom is -0.316 e. The third-order valence-corrected chi connectivity index (χ3v) is 4.08. The lowest BCUT2D eigenvalue weighted by molar-refractivity contribution is -0.120. The van der Waals surface area contributed by atoms with E-state index in [1.807, 2.05) is 72.8 Å². The van der Waals surface area contributed by atoms with E-state index in [0.717, 1.165) is 11.1 Å². The van der Waals surface area contributed by atoms with Crippen LogP contribution in [0.3, 0.4) is 0 Å². The Kier molecular flexibility index (Phi) is 4.00. The smallest absolute Gasteiger partial charge is 0.165 e. The molecule has 0 aromatic heterocycles.